The van der Waals surface area contributed by atoms with E-state index in [0.717, 1.165) is 58.5 Å². The number of aliphatic carboxylic acids is 1. The Hall–Kier alpha value is -4.76. The topological polar surface area (TPSA) is 95.7 Å². The van der Waals surface area contributed by atoms with Crippen LogP contribution in [0.5, 0.6) is 11.5 Å². The van der Waals surface area contributed by atoms with Gasteiger partial charge in [-0.15, -0.1) is 0 Å². The van der Waals surface area contributed by atoms with E-state index in [-0.39, 0.29) is 5.75 Å². The number of aromatic nitrogens is 3. The van der Waals surface area contributed by atoms with Crippen molar-refractivity contribution < 1.29 is 28.5 Å². The first kappa shape index (κ1) is 34.3. The first-order valence-corrected chi connectivity index (χ1v) is 18.3. The molecule has 0 amide bonds. The highest BCUT2D eigenvalue weighted by Crippen LogP contribution is 2.67. The van der Waals surface area contributed by atoms with Gasteiger partial charge in [0.15, 0.2) is 17.7 Å². The Labute approximate surface area is 304 Å². The maximum Gasteiger partial charge on any atom is 0.337 e. The Balaban J connectivity index is 1.23. The molecule has 2 fully saturated rings. The average molecular weight is 704 g/mol. The Morgan fingerprint density at radius 3 is 2.56 bits per heavy atom. The molecule has 0 spiro atoms. The summed E-state index contributed by atoms with van der Waals surface area (Å²) in [6.45, 7) is 9.75. The van der Waals surface area contributed by atoms with Crippen molar-refractivity contribution in [3.05, 3.63) is 94.2 Å². The van der Waals surface area contributed by atoms with E-state index in [2.05, 4.69) is 30.3 Å². The van der Waals surface area contributed by atoms with E-state index < -0.39 is 23.5 Å². The van der Waals surface area contributed by atoms with E-state index in [4.69, 9.17) is 24.2 Å². The third kappa shape index (κ3) is 5.74. The number of ether oxygens (including phenoxy) is 3. The summed E-state index contributed by atoms with van der Waals surface area (Å²) in [6, 6.07) is 16.1. The molecule has 2 unspecified atom stereocenters. The summed E-state index contributed by atoms with van der Waals surface area (Å²) in [4.78, 5) is 22.9. The molecule has 3 aromatic heterocycles. The Bertz CT molecular complexity index is 2220. The molecule has 8 rings (SSSR count). The minimum Gasteiger partial charge on any atom is -0.496 e. The number of benzene rings is 2. The van der Waals surface area contributed by atoms with Crippen LogP contribution in [0.1, 0.15) is 91.6 Å². The van der Waals surface area contributed by atoms with Crippen LogP contribution in [-0.4, -0.2) is 44.9 Å². The predicted molar refractivity (Wildman–Crippen MR) is 199 cm³/mol. The zero-order valence-corrected chi connectivity index (χ0v) is 30.9. The molecule has 9 heteroatoms. The molecule has 0 saturated heterocycles. The minimum atomic E-state index is -1.33. The van der Waals surface area contributed by atoms with Gasteiger partial charge in [0.2, 0.25) is 0 Å². The van der Waals surface area contributed by atoms with Gasteiger partial charge in [0.1, 0.15) is 11.4 Å². The van der Waals surface area contributed by atoms with E-state index in [1.54, 1.807) is 7.11 Å². The smallest absolute Gasteiger partial charge is 0.337 e. The molecule has 0 radical (unpaired) electrons. The summed E-state index contributed by atoms with van der Waals surface area (Å²) >= 11 is 0. The third-order valence-electron chi connectivity index (χ3n) is 11.5. The number of halogens is 1. The van der Waals surface area contributed by atoms with Crippen molar-refractivity contribution in [2.24, 2.45) is 18.9 Å². The van der Waals surface area contributed by atoms with Gasteiger partial charge < -0.3 is 23.9 Å². The van der Waals surface area contributed by atoms with Crippen LogP contribution < -0.4 is 9.47 Å². The minimum absolute atomic E-state index is 0.286. The molecule has 270 valence electrons. The monoisotopic (exact) mass is 703 g/mol. The Kier molecular flexibility index (Phi) is 8.40. The summed E-state index contributed by atoms with van der Waals surface area (Å²) in [7, 11) is 3.72. The Morgan fingerprint density at radius 1 is 1.10 bits per heavy atom. The van der Waals surface area contributed by atoms with Crippen molar-refractivity contribution in [1.29, 1.82) is 0 Å². The summed E-state index contributed by atoms with van der Waals surface area (Å²) in [5, 5.41) is 11.3. The van der Waals surface area contributed by atoms with Gasteiger partial charge in [-0.2, -0.15) is 0 Å². The van der Waals surface area contributed by atoms with Gasteiger partial charge in [0.25, 0.3) is 0 Å². The third-order valence-corrected chi connectivity index (χ3v) is 11.5. The highest BCUT2D eigenvalue weighted by molar-refractivity contribution is 6.01. The SMILES string of the molecule is COc1ccccc1C1[C@H]2CC(c3cc(-c4cc5c(-c6cc(F)c7c(c6C)CCCO7)c([C@H](OC(C)(C)C)C(=O)O)c(C)nc5n4C)ccn3)C[C@@H]12. The molecular weight excluding hydrogens is 657 g/mol. The fourth-order valence-corrected chi connectivity index (χ4v) is 9.17. The molecule has 1 N–H and O–H groups in total. The second-order valence-corrected chi connectivity index (χ2v) is 15.8. The fraction of sp³-hybridized carbons (Fsp3) is 0.419. The number of carbonyl (C=O) groups is 1. The average Bonchev–Trinajstić information content (AvgIpc) is 3.42. The number of nitrogens with zero attached hydrogens (tertiary/aromatic N) is 3. The fourth-order valence-electron chi connectivity index (χ4n) is 9.17. The van der Waals surface area contributed by atoms with Crippen LogP contribution in [0.15, 0.2) is 54.7 Å². The van der Waals surface area contributed by atoms with Crippen molar-refractivity contribution in [1.82, 2.24) is 14.5 Å². The highest BCUT2D eigenvalue weighted by Gasteiger charge is 2.57. The second kappa shape index (κ2) is 12.7. The molecular formula is C43H46FN3O5. The number of hydrogen-bond acceptors (Lipinski definition) is 6. The van der Waals surface area contributed by atoms with Crippen LogP contribution >= 0.6 is 0 Å². The van der Waals surface area contributed by atoms with Crippen LogP contribution in [0.3, 0.4) is 0 Å². The lowest BCUT2D eigenvalue weighted by Crippen LogP contribution is -2.28. The normalized spacial score (nSPS) is 21.4. The standard InChI is InChI=1S/C43H46FN3O5/c1-22-26-12-10-16-51-39(26)32(44)20-28(22)38-31-21-34(47(6)41(31)46-23(2)36(38)40(42(48)49)52-43(3,4)5)24-14-15-45-33(19-24)25-17-29-30(18-25)37(29)27-11-8-9-13-35(27)50-7/h8-9,11,13-15,19-21,25,29-30,37,40H,10,12,16-18H2,1-7H3,(H,48,49)/t25?,29-,30+,37?,40-/m0/s1. The number of aryl methyl sites for hydroxylation is 2. The number of methoxy groups -OCH3 is 1. The summed E-state index contributed by atoms with van der Waals surface area (Å²) in [5.74, 6) is 1.84. The molecule has 5 aromatic rings. The zero-order valence-electron chi connectivity index (χ0n) is 30.9. The molecule has 1 aliphatic heterocycles. The molecule has 4 heterocycles. The second-order valence-electron chi connectivity index (χ2n) is 15.8. The van der Waals surface area contributed by atoms with E-state index in [1.807, 2.05) is 64.6 Å². The molecule has 8 nitrogen and oxygen atoms in total. The van der Waals surface area contributed by atoms with Gasteiger partial charge >= 0.3 is 5.97 Å². The van der Waals surface area contributed by atoms with Gasteiger partial charge in [-0.05, 0) is 125 Å². The van der Waals surface area contributed by atoms with Crippen molar-refractivity contribution in [3.63, 3.8) is 0 Å². The predicted octanol–water partition coefficient (Wildman–Crippen LogP) is 9.24. The first-order valence-electron chi connectivity index (χ1n) is 18.3. The van der Waals surface area contributed by atoms with Gasteiger partial charge in [0, 0.05) is 58.2 Å². The van der Waals surface area contributed by atoms with Crippen LogP contribution in [-0.2, 0) is 23.0 Å². The first-order chi connectivity index (χ1) is 24.9. The number of carboxylic acids is 1. The molecule has 52 heavy (non-hydrogen) atoms. The number of carboxylic acid groups (broad SMARTS) is 1. The van der Waals surface area contributed by atoms with E-state index in [1.165, 1.54) is 11.6 Å². The van der Waals surface area contributed by atoms with Crippen molar-refractivity contribution in [2.75, 3.05) is 13.7 Å². The number of rotatable bonds is 8. The summed E-state index contributed by atoms with van der Waals surface area (Å²) in [6.07, 6.45) is 4.19. The van der Waals surface area contributed by atoms with Gasteiger partial charge in [-0.1, -0.05) is 18.2 Å². The largest absolute Gasteiger partial charge is 0.496 e. The van der Waals surface area contributed by atoms with E-state index in [9.17, 15) is 9.90 Å². The van der Waals surface area contributed by atoms with Crippen LogP contribution in [0, 0.1) is 31.5 Å². The van der Waals surface area contributed by atoms with Crippen molar-refractivity contribution in [2.45, 2.75) is 83.8 Å². The van der Waals surface area contributed by atoms with Gasteiger partial charge in [0.05, 0.1) is 25.0 Å². The number of fused-ring (bicyclic) bond motifs is 3. The zero-order chi connectivity index (χ0) is 36.6. The van der Waals surface area contributed by atoms with Crippen LogP contribution in [0.2, 0.25) is 0 Å². The van der Waals surface area contributed by atoms with Gasteiger partial charge in [-0.3, -0.25) is 4.98 Å². The summed E-state index contributed by atoms with van der Waals surface area (Å²) < 4.78 is 35.6. The lowest BCUT2D eigenvalue weighted by molar-refractivity contribution is -0.160. The van der Waals surface area contributed by atoms with Crippen LogP contribution in [0.4, 0.5) is 4.39 Å². The molecule has 2 aromatic carbocycles. The number of pyridine rings is 2. The molecule has 5 atom stereocenters. The van der Waals surface area contributed by atoms with Crippen molar-refractivity contribution >= 4 is 17.0 Å². The Morgan fingerprint density at radius 2 is 1.85 bits per heavy atom. The number of para-hydroxylation sites is 1. The van der Waals surface area contributed by atoms with E-state index in [0.29, 0.717) is 64.7 Å². The highest BCUT2D eigenvalue weighted by atomic mass is 19.1. The molecule has 2 saturated carbocycles. The lowest BCUT2D eigenvalue weighted by Gasteiger charge is -2.29. The quantitative estimate of drug-likeness (QED) is 0.172. The maximum atomic E-state index is 15.9. The molecule has 3 aliphatic rings. The maximum absolute atomic E-state index is 15.9. The van der Waals surface area contributed by atoms with Gasteiger partial charge in [-0.25, -0.2) is 14.2 Å². The lowest BCUT2D eigenvalue weighted by atomic mass is 9.86. The molecule has 0 bridgehead atoms. The van der Waals surface area contributed by atoms with Crippen LogP contribution in [0.25, 0.3) is 33.4 Å². The van der Waals surface area contributed by atoms with Crippen molar-refractivity contribution in [3.8, 4) is 33.9 Å². The van der Waals surface area contributed by atoms with E-state index >= 15 is 4.39 Å². The number of hydrogen-bond donors (Lipinski definition) is 1. The summed E-state index contributed by atoms with van der Waals surface area (Å²) in [5.41, 5.74) is 8.10. The molecule has 2 aliphatic carbocycles.